The molecule has 1 aliphatic rings. The maximum Gasteiger partial charge on any atom is 0.300 e. The lowest BCUT2D eigenvalue weighted by molar-refractivity contribution is -0.134. The maximum atomic E-state index is 9.00. The fraction of sp³-hybridized carbons (Fsp3) is 0.778. The third kappa shape index (κ3) is 9.01. The molecule has 4 heteroatoms. The van der Waals surface area contributed by atoms with Gasteiger partial charge in [0.05, 0.1) is 0 Å². The molecule has 1 heterocycles. The fourth-order valence-corrected chi connectivity index (χ4v) is 1.28. The lowest BCUT2D eigenvalue weighted by Crippen LogP contribution is -2.27. The lowest BCUT2D eigenvalue weighted by Gasteiger charge is -2.20. The van der Waals surface area contributed by atoms with E-state index in [0.29, 0.717) is 0 Å². The second-order valence-electron chi connectivity index (χ2n) is 3.15. The average molecular weight is 186 g/mol. The van der Waals surface area contributed by atoms with Gasteiger partial charge < -0.3 is 15.8 Å². The second kappa shape index (κ2) is 7.73. The molecule has 4 nitrogen and oxygen atoms in total. The monoisotopic (exact) mass is 186 g/mol. The first kappa shape index (κ1) is 12.1. The molecule has 1 rings (SSSR count). The predicted molar refractivity (Wildman–Crippen MR) is 52.3 cm³/mol. The van der Waals surface area contributed by atoms with Crippen LogP contribution in [0, 0.1) is 11.3 Å². The SMILES string of the molecule is CC(=O)O.N=CCC1CCNCC1. The van der Waals surface area contributed by atoms with Crippen molar-refractivity contribution in [2.75, 3.05) is 13.1 Å². The van der Waals surface area contributed by atoms with Gasteiger partial charge in [-0.1, -0.05) is 0 Å². The third-order valence-corrected chi connectivity index (χ3v) is 1.91. The standard InChI is InChI=1S/C7H14N2.C2H4O2/c8-4-1-7-2-5-9-6-3-7;1-2(3)4/h4,7-9H,1-3,5-6H2;1H3,(H,3,4). The highest BCUT2D eigenvalue weighted by atomic mass is 16.4. The Hall–Kier alpha value is -0.900. The molecule has 0 saturated carbocycles. The van der Waals surface area contributed by atoms with Crippen LogP contribution in [0.3, 0.4) is 0 Å². The van der Waals surface area contributed by atoms with Crippen LogP contribution in [0.25, 0.3) is 0 Å². The summed E-state index contributed by atoms with van der Waals surface area (Å²) in [6.45, 7) is 3.39. The first-order valence-electron chi connectivity index (χ1n) is 4.56. The van der Waals surface area contributed by atoms with Crippen LogP contribution in [-0.2, 0) is 4.79 Å². The van der Waals surface area contributed by atoms with Gasteiger partial charge in [0.15, 0.2) is 0 Å². The molecule has 0 aliphatic carbocycles. The van der Waals surface area contributed by atoms with E-state index in [1.807, 2.05) is 0 Å². The van der Waals surface area contributed by atoms with Crippen LogP contribution >= 0.6 is 0 Å². The zero-order valence-electron chi connectivity index (χ0n) is 8.05. The number of piperidine rings is 1. The summed E-state index contributed by atoms with van der Waals surface area (Å²) >= 11 is 0. The number of rotatable bonds is 2. The molecule has 0 aromatic heterocycles. The van der Waals surface area contributed by atoms with Crippen molar-refractivity contribution >= 4 is 12.2 Å². The molecule has 0 unspecified atom stereocenters. The normalized spacial score (nSPS) is 17.0. The van der Waals surface area contributed by atoms with Crippen LogP contribution in [0.4, 0.5) is 0 Å². The van der Waals surface area contributed by atoms with Crippen LogP contribution in [0.1, 0.15) is 26.2 Å². The number of hydrogen-bond donors (Lipinski definition) is 3. The maximum absolute atomic E-state index is 9.00. The molecule has 0 spiro atoms. The molecule has 76 valence electrons. The van der Waals surface area contributed by atoms with E-state index in [4.69, 9.17) is 15.3 Å². The van der Waals surface area contributed by atoms with E-state index in [2.05, 4.69) is 5.32 Å². The van der Waals surface area contributed by atoms with Gasteiger partial charge in [0.1, 0.15) is 0 Å². The number of aliphatic carboxylic acids is 1. The Bertz CT molecular complexity index is 150. The summed E-state index contributed by atoms with van der Waals surface area (Å²) in [5, 5.41) is 17.6. The zero-order valence-corrected chi connectivity index (χ0v) is 8.05. The van der Waals surface area contributed by atoms with Gasteiger partial charge >= 0.3 is 0 Å². The summed E-state index contributed by atoms with van der Waals surface area (Å²) in [5.74, 6) is -0.0382. The van der Waals surface area contributed by atoms with E-state index in [9.17, 15) is 0 Å². The molecular weight excluding hydrogens is 168 g/mol. The Morgan fingerprint density at radius 2 is 2.08 bits per heavy atom. The van der Waals surface area contributed by atoms with Crippen molar-refractivity contribution in [1.29, 1.82) is 5.41 Å². The first-order chi connectivity index (χ1) is 6.16. The van der Waals surface area contributed by atoms with E-state index in [1.54, 1.807) is 0 Å². The van der Waals surface area contributed by atoms with Gasteiger partial charge in [0.25, 0.3) is 5.97 Å². The number of hydrogen-bond acceptors (Lipinski definition) is 3. The van der Waals surface area contributed by atoms with E-state index in [-0.39, 0.29) is 0 Å². The van der Waals surface area contributed by atoms with Crippen molar-refractivity contribution in [3.05, 3.63) is 0 Å². The van der Waals surface area contributed by atoms with E-state index in [0.717, 1.165) is 32.4 Å². The molecule has 0 bridgehead atoms. The Morgan fingerprint density at radius 1 is 1.62 bits per heavy atom. The summed E-state index contributed by atoms with van der Waals surface area (Å²) in [6, 6.07) is 0. The molecule has 13 heavy (non-hydrogen) atoms. The lowest BCUT2D eigenvalue weighted by atomic mass is 9.95. The van der Waals surface area contributed by atoms with Gasteiger partial charge in [-0.2, -0.15) is 0 Å². The Labute approximate surface area is 78.8 Å². The van der Waals surface area contributed by atoms with Gasteiger partial charge in [-0.3, -0.25) is 4.79 Å². The second-order valence-corrected chi connectivity index (χ2v) is 3.15. The van der Waals surface area contributed by atoms with Crippen molar-refractivity contribution in [2.45, 2.75) is 26.2 Å². The van der Waals surface area contributed by atoms with Crippen LogP contribution in [0.15, 0.2) is 0 Å². The van der Waals surface area contributed by atoms with Gasteiger partial charge in [0.2, 0.25) is 0 Å². The predicted octanol–water partition coefficient (Wildman–Crippen LogP) is 1.12. The number of carboxylic acids is 1. The first-order valence-corrected chi connectivity index (χ1v) is 4.56. The molecule has 0 amide bonds. The number of carbonyl (C=O) groups is 1. The molecule has 0 radical (unpaired) electrons. The molecule has 1 saturated heterocycles. The van der Waals surface area contributed by atoms with Crippen LogP contribution in [-0.4, -0.2) is 30.4 Å². The highest BCUT2D eigenvalue weighted by Gasteiger charge is 2.10. The number of nitrogens with one attached hydrogen (secondary N) is 2. The Morgan fingerprint density at radius 3 is 2.46 bits per heavy atom. The van der Waals surface area contributed by atoms with Gasteiger partial charge in [0, 0.05) is 6.92 Å². The largest absolute Gasteiger partial charge is 0.481 e. The third-order valence-electron chi connectivity index (χ3n) is 1.91. The summed E-state index contributed by atoms with van der Waals surface area (Å²) in [5.41, 5.74) is 0. The molecule has 0 aromatic carbocycles. The summed E-state index contributed by atoms with van der Waals surface area (Å²) in [6.07, 6.45) is 5.04. The van der Waals surface area contributed by atoms with Crippen molar-refractivity contribution in [3.63, 3.8) is 0 Å². The Balaban J connectivity index is 0.000000310. The van der Waals surface area contributed by atoms with Gasteiger partial charge in [-0.15, -0.1) is 0 Å². The molecule has 0 atom stereocenters. The highest BCUT2D eigenvalue weighted by molar-refractivity contribution is 5.62. The Kier molecular flexibility index (Phi) is 7.20. The van der Waals surface area contributed by atoms with E-state index >= 15 is 0 Å². The van der Waals surface area contributed by atoms with Crippen molar-refractivity contribution < 1.29 is 9.90 Å². The quantitative estimate of drug-likeness (QED) is 0.566. The molecule has 3 N–H and O–H groups in total. The van der Waals surface area contributed by atoms with Crippen molar-refractivity contribution in [1.82, 2.24) is 5.32 Å². The molecule has 1 aliphatic heterocycles. The minimum atomic E-state index is -0.833. The highest BCUT2D eigenvalue weighted by Crippen LogP contribution is 2.13. The average Bonchev–Trinajstić information content (AvgIpc) is 2.06. The zero-order chi connectivity index (χ0) is 10.1. The summed E-state index contributed by atoms with van der Waals surface area (Å²) in [7, 11) is 0. The van der Waals surface area contributed by atoms with Crippen molar-refractivity contribution in [2.24, 2.45) is 5.92 Å². The number of carboxylic acid groups (broad SMARTS) is 1. The fourth-order valence-electron chi connectivity index (χ4n) is 1.28. The summed E-state index contributed by atoms with van der Waals surface area (Å²) in [4.78, 5) is 9.00. The van der Waals surface area contributed by atoms with Crippen LogP contribution in [0.5, 0.6) is 0 Å². The van der Waals surface area contributed by atoms with E-state index < -0.39 is 5.97 Å². The van der Waals surface area contributed by atoms with Crippen molar-refractivity contribution in [3.8, 4) is 0 Å². The van der Waals surface area contributed by atoms with Gasteiger partial charge in [-0.05, 0) is 44.5 Å². The van der Waals surface area contributed by atoms with Crippen LogP contribution in [0.2, 0.25) is 0 Å². The molecular formula is C9H18N2O2. The van der Waals surface area contributed by atoms with Gasteiger partial charge in [-0.25, -0.2) is 0 Å². The smallest absolute Gasteiger partial charge is 0.300 e. The molecule has 1 fully saturated rings. The summed E-state index contributed by atoms with van der Waals surface area (Å²) < 4.78 is 0. The minimum absolute atomic E-state index is 0.795. The van der Waals surface area contributed by atoms with E-state index in [1.165, 1.54) is 19.1 Å². The minimum Gasteiger partial charge on any atom is -0.481 e. The molecule has 0 aromatic rings. The topological polar surface area (TPSA) is 73.2 Å². The van der Waals surface area contributed by atoms with Crippen LogP contribution < -0.4 is 5.32 Å².